The molecule has 0 spiro atoms. The van der Waals surface area contributed by atoms with E-state index in [1.165, 1.54) is 0 Å². The molecule has 0 saturated heterocycles. The van der Waals surface area contributed by atoms with Crippen molar-refractivity contribution in [2.24, 2.45) is 0 Å². The predicted molar refractivity (Wildman–Crippen MR) is 90.9 cm³/mol. The molecule has 1 atom stereocenters. The molecule has 0 saturated carbocycles. The van der Waals surface area contributed by atoms with Crippen LogP contribution in [0.3, 0.4) is 0 Å². The van der Waals surface area contributed by atoms with Crippen LogP contribution in [0.4, 0.5) is 0 Å². The van der Waals surface area contributed by atoms with Gasteiger partial charge >= 0.3 is 0 Å². The van der Waals surface area contributed by atoms with Gasteiger partial charge in [0.1, 0.15) is 0 Å². The average molecular weight is 390 g/mol. The minimum Gasteiger partial charge on any atom is -0.394 e. The van der Waals surface area contributed by atoms with E-state index < -0.39 is 0 Å². The molecule has 114 valence electrons. The van der Waals surface area contributed by atoms with E-state index in [0.717, 1.165) is 26.5 Å². The molecular weight excluding hydrogens is 374 g/mol. The summed E-state index contributed by atoms with van der Waals surface area (Å²) in [4.78, 5) is 13.1. The van der Waals surface area contributed by atoms with Crippen LogP contribution in [-0.4, -0.2) is 45.9 Å². The maximum atomic E-state index is 12.1. The van der Waals surface area contributed by atoms with Crippen molar-refractivity contribution in [1.82, 2.24) is 15.5 Å². The average Bonchev–Trinajstić information content (AvgIpc) is 3.11. The number of thiophene rings is 1. The Morgan fingerprint density at radius 3 is 3.05 bits per heavy atom. The number of hydrogen-bond donors (Lipinski definition) is 3. The van der Waals surface area contributed by atoms with Crippen LogP contribution >= 0.6 is 39.0 Å². The number of aliphatic hydroxyl groups excluding tert-OH is 1. The monoisotopic (exact) mass is 389 g/mol. The molecule has 2 aromatic heterocycles. The normalized spacial score (nSPS) is 12.3. The smallest absolute Gasteiger partial charge is 0.272 e. The van der Waals surface area contributed by atoms with Gasteiger partial charge in [-0.3, -0.25) is 9.89 Å². The van der Waals surface area contributed by atoms with E-state index in [1.54, 1.807) is 29.2 Å². The fraction of sp³-hybridized carbons (Fsp3) is 0.385. The highest BCUT2D eigenvalue weighted by Crippen LogP contribution is 2.30. The molecule has 5 nitrogen and oxygen atoms in total. The van der Waals surface area contributed by atoms with Gasteiger partial charge in [0, 0.05) is 0 Å². The Bertz CT molecular complexity index is 600. The first-order chi connectivity index (χ1) is 10.1. The summed E-state index contributed by atoms with van der Waals surface area (Å²) in [7, 11) is 0. The van der Waals surface area contributed by atoms with Crippen molar-refractivity contribution >= 4 is 44.9 Å². The number of carbonyl (C=O) groups is 1. The maximum Gasteiger partial charge on any atom is 0.272 e. The number of hydrogen-bond acceptors (Lipinski definition) is 5. The summed E-state index contributed by atoms with van der Waals surface area (Å²) in [5.41, 5.74) is 1.14. The SMILES string of the molecule is CSCC[C@H](CO)NC(=O)c1cc(-c2ccc(Br)s2)[nH]n1. The lowest BCUT2D eigenvalue weighted by Crippen LogP contribution is -2.38. The molecular formula is C13H16BrN3O2S2. The Hall–Kier alpha value is -0.830. The molecule has 2 aromatic rings. The third-order valence-corrected chi connectivity index (χ3v) is 5.18. The van der Waals surface area contributed by atoms with E-state index >= 15 is 0 Å². The summed E-state index contributed by atoms with van der Waals surface area (Å²) in [6, 6.07) is 5.39. The van der Waals surface area contributed by atoms with Gasteiger partial charge in [0.15, 0.2) is 5.69 Å². The van der Waals surface area contributed by atoms with E-state index in [2.05, 4.69) is 31.4 Å². The van der Waals surface area contributed by atoms with Crippen LogP contribution in [0.25, 0.3) is 10.6 Å². The second-order valence-corrected chi connectivity index (χ2v) is 7.85. The van der Waals surface area contributed by atoms with Gasteiger partial charge in [-0.05, 0) is 52.6 Å². The molecule has 3 N–H and O–H groups in total. The summed E-state index contributed by atoms with van der Waals surface area (Å²) in [5.74, 6) is 0.619. The third kappa shape index (κ3) is 4.57. The number of carbonyl (C=O) groups excluding carboxylic acids is 1. The van der Waals surface area contributed by atoms with Crippen molar-refractivity contribution in [2.45, 2.75) is 12.5 Å². The highest BCUT2D eigenvalue weighted by Gasteiger charge is 2.16. The number of halogens is 1. The lowest BCUT2D eigenvalue weighted by atomic mass is 10.2. The molecule has 2 heterocycles. The zero-order chi connectivity index (χ0) is 15.2. The lowest BCUT2D eigenvalue weighted by molar-refractivity contribution is 0.0910. The molecule has 0 aliphatic rings. The van der Waals surface area contributed by atoms with Crippen LogP contribution < -0.4 is 5.32 Å². The minimum atomic E-state index is -0.270. The Morgan fingerprint density at radius 2 is 2.43 bits per heavy atom. The van der Waals surface area contributed by atoms with E-state index in [9.17, 15) is 9.90 Å². The second-order valence-electron chi connectivity index (χ2n) is 4.41. The Labute approximate surface area is 139 Å². The molecule has 0 aliphatic carbocycles. The fourth-order valence-corrected chi connectivity index (χ4v) is 3.62. The number of rotatable bonds is 7. The first-order valence-corrected chi connectivity index (χ1v) is 9.36. The van der Waals surface area contributed by atoms with Crippen LogP contribution in [-0.2, 0) is 0 Å². The number of nitrogens with zero attached hydrogens (tertiary/aromatic N) is 1. The van der Waals surface area contributed by atoms with Crippen molar-refractivity contribution in [2.75, 3.05) is 18.6 Å². The fourth-order valence-electron chi connectivity index (χ4n) is 1.75. The molecule has 0 bridgehead atoms. The highest BCUT2D eigenvalue weighted by atomic mass is 79.9. The van der Waals surface area contributed by atoms with Crippen molar-refractivity contribution in [3.05, 3.63) is 27.7 Å². The Balaban J connectivity index is 2.01. The van der Waals surface area contributed by atoms with Gasteiger partial charge in [0.05, 0.1) is 27.0 Å². The zero-order valence-electron chi connectivity index (χ0n) is 11.4. The quantitative estimate of drug-likeness (QED) is 0.680. The van der Waals surface area contributed by atoms with E-state index in [4.69, 9.17) is 0 Å². The van der Waals surface area contributed by atoms with E-state index in [-0.39, 0.29) is 18.6 Å². The molecule has 1 amide bonds. The number of aromatic amines is 1. The van der Waals surface area contributed by atoms with Crippen molar-refractivity contribution < 1.29 is 9.90 Å². The van der Waals surface area contributed by atoms with Crippen molar-refractivity contribution in [3.63, 3.8) is 0 Å². The van der Waals surface area contributed by atoms with Gasteiger partial charge in [-0.25, -0.2) is 0 Å². The number of amides is 1. The van der Waals surface area contributed by atoms with Gasteiger partial charge in [-0.15, -0.1) is 11.3 Å². The molecule has 0 aliphatic heterocycles. The lowest BCUT2D eigenvalue weighted by Gasteiger charge is -2.14. The topological polar surface area (TPSA) is 78.0 Å². The maximum absolute atomic E-state index is 12.1. The number of H-pyrrole nitrogens is 1. The van der Waals surface area contributed by atoms with Gasteiger partial charge in [-0.2, -0.15) is 16.9 Å². The molecule has 0 unspecified atom stereocenters. The standard InChI is InChI=1S/C13H16BrN3O2S2/c1-20-5-4-8(7-18)15-13(19)10-6-9(16-17-10)11-2-3-12(14)21-11/h2-3,6,8,18H,4-5,7H2,1H3,(H,15,19)(H,16,17)/t8-/m1/s1. The molecule has 8 heteroatoms. The van der Waals surface area contributed by atoms with Gasteiger partial charge in [-0.1, -0.05) is 0 Å². The highest BCUT2D eigenvalue weighted by molar-refractivity contribution is 9.11. The molecule has 21 heavy (non-hydrogen) atoms. The number of thioether (sulfide) groups is 1. The summed E-state index contributed by atoms with van der Waals surface area (Å²) in [5, 5.41) is 19.0. The summed E-state index contributed by atoms with van der Waals surface area (Å²) >= 11 is 6.66. The minimum absolute atomic E-state index is 0.0680. The largest absolute Gasteiger partial charge is 0.394 e. The third-order valence-electron chi connectivity index (χ3n) is 2.88. The van der Waals surface area contributed by atoms with Crippen LogP contribution in [0.5, 0.6) is 0 Å². The molecule has 0 fully saturated rings. The number of aromatic nitrogens is 2. The Kier molecular flexibility index (Phi) is 6.28. The van der Waals surface area contributed by atoms with E-state index in [0.29, 0.717) is 5.69 Å². The Morgan fingerprint density at radius 1 is 1.62 bits per heavy atom. The van der Waals surface area contributed by atoms with Crippen LogP contribution in [0.15, 0.2) is 22.0 Å². The van der Waals surface area contributed by atoms with Crippen molar-refractivity contribution in [3.8, 4) is 10.6 Å². The summed E-state index contributed by atoms with van der Waals surface area (Å²) < 4.78 is 1.02. The molecule has 0 radical (unpaired) electrons. The van der Waals surface area contributed by atoms with E-state index in [1.807, 2.05) is 18.4 Å². The second kappa shape index (κ2) is 7.98. The summed E-state index contributed by atoms with van der Waals surface area (Å²) in [6.07, 6.45) is 2.73. The van der Waals surface area contributed by atoms with Gasteiger partial charge in [0.2, 0.25) is 0 Å². The summed E-state index contributed by atoms with van der Waals surface area (Å²) in [6.45, 7) is -0.0680. The van der Waals surface area contributed by atoms with Crippen LogP contribution in [0.2, 0.25) is 0 Å². The predicted octanol–water partition coefficient (Wildman–Crippen LogP) is 2.74. The van der Waals surface area contributed by atoms with Gasteiger partial charge in [0.25, 0.3) is 5.91 Å². The zero-order valence-corrected chi connectivity index (χ0v) is 14.6. The van der Waals surface area contributed by atoms with Crippen LogP contribution in [0.1, 0.15) is 16.9 Å². The number of nitrogens with one attached hydrogen (secondary N) is 2. The first kappa shape index (κ1) is 16.5. The van der Waals surface area contributed by atoms with Crippen molar-refractivity contribution in [1.29, 1.82) is 0 Å². The first-order valence-electron chi connectivity index (χ1n) is 6.35. The number of aliphatic hydroxyl groups is 1. The van der Waals surface area contributed by atoms with Crippen LogP contribution in [0, 0.1) is 0 Å². The molecule has 2 rings (SSSR count). The van der Waals surface area contributed by atoms with Gasteiger partial charge < -0.3 is 10.4 Å². The molecule has 0 aromatic carbocycles.